The molecule has 0 saturated carbocycles. The van der Waals surface area contributed by atoms with Crippen molar-refractivity contribution in [3.63, 3.8) is 0 Å². The maximum Gasteiger partial charge on any atom is 0.280 e. The van der Waals surface area contributed by atoms with Crippen LogP contribution in [0.5, 0.6) is 0 Å². The molecule has 0 spiro atoms. The van der Waals surface area contributed by atoms with Gasteiger partial charge in [0.1, 0.15) is 6.04 Å². The van der Waals surface area contributed by atoms with E-state index < -0.39 is 16.3 Å². The molecule has 1 aliphatic heterocycles. The average Bonchev–Trinajstić information content (AvgIpc) is 3.31. The van der Waals surface area contributed by atoms with E-state index in [0.29, 0.717) is 39.1 Å². The van der Waals surface area contributed by atoms with Crippen LogP contribution < -0.4 is 15.4 Å². The lowest BCUT2D eigenvalue weighted by molar-refractivity contribution is -0.122. The molecule has 1 saturated heterocycles. The van der Waals surface area contributed by atoms with Crippen LogP contribution in [0.1, 0.15) is 11.1 Å². The first-order chi connectivity index (χ1) is 17.5. The number of aromatic nitrogens is 1. The molecule has 1 atom stereocenters. The molecule has 3 aromatic carbocycles. The predicted octanol–water partition coefficient (Wildman–Crippen LogP) is 2.33. The Morgan fingerprint density at radius 2 is 1.72 bits per heavy atom. The molecule has 36 heavy (non-hydrogen) atoms. The van der Waals surface area contributed by atoms with Gasteiger partial charge in [-0.25, -0.2) is 0 Å². The van der Waals surface area contributed by atoms with Gasteiger partial charge in [-0.15, -0.1) is 0 Å². The SMILES string of the molecule is O=C(NCCc1c[nH]c2ccccc12)C(Cc1ccc2ccccc2c1)NS(=O)(=O)N1CCNCC1. The van der Waals surface area contributed by atoms with E-state index in [2.05, 4.69) is 20.3 Å². The topological polar surface area (TPSA) is 106 Å². The number of H-pyrrole nitrogens is 1. The number of hydrogen-bond donors (Lipinski definition) is 4. The fourth-order valence-electron chi connectivity index (χ4n) is 4.71. The third kappa shape index (κ3) is 5.60. The number of nitrogens with one attached hydrogen (secondary N) is 4. The summed E-state index contributed by atoms with van der Waals surface area (Å²) in [7, 11) is -3.81. The number of amides is 1. The molecule has 1 aliphatic rings. The number of nitrogens with zero attached hydrogens (tertiary/aromatic N) is 1. The van der Waals surface area contributed by atoms with Gasteiger partial charge < -0.3 is 15.6 Å². The lowest BCUT2D eigenvalue weighted by atomic mass is 10.0. The number of piperazine rings is 1. The highest BCUT2D eigenvalue weighted by atomic mass is 32.2. The first-order valence-electron chi connectivity index (χ1n) is 12.3. The number of benzene rings is 3. The molecule has 4 aromatic rings. The first kappa shape index (κ1) is 24.5. The van der Waals surface area contributed by atoms with E-state index in [1.807, 2.05) is 72.9 Å². The van der Waals surface area contributed by atoms with Crippen LogP contribution in [-0.4, -0.2) is 62.4 Å². The molecular formula is C27H31N5O3S. The van der Waals surface area contributed by atoms with Crippen molar-refractivity contribution in [2.45, 2.75) is 18.9 Å². The van der Waals surface area contributed by atoms with E-state index in [1.54, 1.807) is 0 Å². The summed E-state index contributed by atoms with van der Waals surface area (Å²) >= 11 is 0. The van der Waals surface area contributed by atoms with Crippen LogP contribution in [0.15, 0.2) is 72.9 Å². The number of rotatable bonds is 9. The van der Waals surface area contributed by atoms with Crippen molar-refractivity contribution in [2.24, 2.45) is 0 Å². The Hall–Kier alpha value is -3.24. The van der Waals surface area contributed by atoms with Crippen LogP contribution in [0, 0.1) is 0 Å². The van der Waals surface area contributed by atoms with Crippen molar-refractivity contribution in [3.8, 4) is 0 Å². The van der Waals surface area contributed by atoms with Crippen molar-refractivity contribution in [3.05, 3.63) is 84.1 Å². The molecule has 1 amide bonds. The molecule has 0 bridgehead atoms. The molecule has 8 nitrogen and oxygen atoms in total. The van der Waals surface area contributed by atoms with Crippen molar-refractivity contribution < 1.29 is 13.2 Å². The van der Waals surface area contributed by atoms with Crippen LogP contribution in [0.3, 0.4) is 0 Å². The zero-order chi connectivity index (χ0) is 25.0. The second-order valence-corrected chi connectivity index (χ2v) is 10.8. The smallest absolute Gasteiger partial charge is 0.280 e. The third-order valence-corrected chi connectivity index (χ3v) is 8.27. The molecular weight excluding hydrogens is 474 g/mol. The van der Waals surface area contributed by atoms with Gasteiger partial charge in [-0.2, -0.15) is 17.4 Å². The predicted molar refractivity (Wildman–Crippen MR) is 143 cm³/mol. The maximum absolute atomic E-state index is 13.3. The van der Waals surface area contributed by atoms with Gasteiger partial charge in [0.05, 0.1) is 0 Å². The molecule has 9 heteroatoms. The Morgan fingerprint density at radius 1 is 0.972 bits per heavy atom. The molecule has 0 radical (unpaired) electrons. The molecule has 1 fully saturated rings. The van der Waals surface area contributed by atoms with Gasteiger partial charge in [0, 0.05) is 49.8 Å². The van der Waals surface area contributed by atoms with Crippen LogP contribution in [0.2, 0.25) is 0 Å². The largest absolute Gasteiger partial charge is 0.361 e. The molecule has 1 aromatic heterocycles. The van der Waals surface area contributed by atoms with E-state index in [4.69, 9.17) is 0 Å². The van der Waals surface area contributed by atoms with Gasteiger partial charge >= 0.3 is 0 Å². The van der Waals surface area contributed by atoms with Gasteiger partial charge in [-0.3, -0.25) is 4.79 Å². The second-order valence-electron chi connectivity index (χ2n) is 9.11. The number of carbonyl (C=O) groups excluding carboxylic acids is 1. The average molecular weight is 506 g/mol. The highest BCUT2D eigenvalue weighted by Gasteiger charge is 2.30. The van der Waals surface area contributed by atoms with Gasteiger partial charge in [-0.1, -0.05) is 60.7 Å². The zero-order valence-electron chi connectivity index (χ0n) is 20.0. The quantitative estimate of drug-likeness (QED) is 0.280. The van der Waals surface area contributed by atoms with Crippen molar-refractivity contribution in [1.29, 1.82) is 0 Å². The Balaban J connectivity index is 1.31. The summed E-state index contributed by atoms with van der Waals surface area (Å²) in [6.07, 6.45) is 2.86. The summed E-state index contributed by atoms with van der Waals surface area (Å²) < 4.78 is 30.3. The van der Waals surface area contributed by atoms with E-state index in [0.717, 1.165) is 32.8 Å². The maximum atomic E-state index is 13.3. The van der Waals surface area contributed by atoms with Crippen LogP contribution in [0.25, 0.3) is 21.7 Å². The molecule has 0 aliphatic carbocycles. The molecule has 2 heterocycles. The van der Waals surface area contributed by atoms with Crippen LogP contribution in [-0.2, 0) is 27.8 Å². The number of hydrogen-bond acceptors (Lipinski definition) is 4. The van der Waals surface area contributed by atoms with Gasteiger partial charge in [0.25, 0.3) is 10.2 Å². The summed E-state index contributed by atoms with van der Waals surface area (Å²) in [5, 5.41) is 9.39. The second kappa shape index (κ2) is 10.8. The number of carbonyl (C=O) groups is 1. The number of aromatic amines is 1. The Kier molecular flexibility index (Phi) is 7.33. The van der Waals surface area contributed by atoms with Gasteiger partial charge in [-0.05, 0) is 40.8 Å². The van der Waals surface area contributed by atoms with E-state index in [-0.39, 0.29) is 12.3 Å². The summed E-state index contributed by atoms with van der Waals surface area (Å²) in [6, 6.07) is 21.1. The summed E-state index contributed by atoms with van der Waals surface area (Å²) in [5.41, 5.74) is 3.06. The summed E-state index contributed by atoms with van der Waals surface area (Å²) in [6.45, 7) is 2.34. The highest BCUT2D eigenvalue weighted by Crippen LogP contribution is 2.19. The Labute approximate surface area is 211 Å². The molecule has 4 N–H and O–H groups in total. The van der Waals surface area contributed by atoms with Crippen molar-refractivity contribution in [2.75, 3.05) is 32.7 Å². The molecule has 188 valence electrons. The van der Waals surface area contributed by atoms with Gasteiger partial charge in [0.2, 0.25) is 5.91 Å². The lowest BCUT2D eigenvalue weighted by Gasteiger charge is -2.29. The number of fused-ring (bicyclic) bond motifs is 2. The van der Waals surface area contributed by atoms with Gasteiger partial charge in [0.15, 0.2) is 0 Å². The van der Waals surface area contributed by atoms with E-state index in [1.165, 1.54) is 4.31 Å². The summed E-state index contributed by atoms with van der Waals surface area (Å²) in [4.78, 5) is 16.5. The Morgan fingerprint density at radius 3 is 2.56 bits per heavy atom. The normalized spacial score (nSPS) is 15.8. The highest BCUT2D eigenvalue weighted by molar-refractivity contribution is 7.87. The monoisotopic (exact) mass is 505 g/mol. The lowest BCUT2D eigenvalue weighted by Crippen LogP contribution is -2.56. The van der Waals surface area contributed by atoms with E-state index >= 15 is 0 Å². The fraction of sp³-hybridized carbons (Fsp3) is 0.296. The van der Waals surface area contributed by atoms with Crippen molar-refractivity contribution in [1.82, 2.24) is 24.6 Å². The minimum Gasteiger partial charge on any atom is -0.361 e. The third-order valence-electron chi connectivity index (χ3n) is 6.65. The van der Waals surface area contributed by atoms with E-state index in [9.17, 15) is 13.2 Å². The first-order valence-corrected chi connectivity index (χ1v) is 13.7. The van der Waals surface area contributed by atoms with Crippen LogP contribution in [0.4, 0.5) is 0 Å². The van der Waals surface area contributed by atoms with Crippen molar-refractivity contribution >= 4 is 37.8 Å². The minimum absolute atomic E-state index is 0.259. The molecule has 1 unspecified atom stereocenters. The summed E-state index contributed by atoms with van der Waals surface area (Å²) in [5.74, 6) is -0.332. The minimum atomic E-state index is -3.81. The molecule has 5 rings (SSSR count). The Bertz CT molecular complexity index is 1460. The fourth-order valence-corrected chi connectivity index (χ4v) is 6.07. The zero-order valence-corrected chi connectivity index (χ0v) is 20.9. The number of para-hydroxylation sites is 1. The van der Waals surface area contributed by atoms with Crippen LogP contribution >= 0.6 is 0 Å². The standard InChI is InChI=1S/C27H31N5O3S/c33-27(29-12-11-23-19-30-25-8-4-3-7-24(23)25)26(31-36(34,35)32-15-13-28-14-16-32)18-20-9-10-21-5-1-2-6-22(21)17-20/h1-10,17,19,26,28,30-31H,11-16,18H2,(H,29,33).